The van der Waals surface area contributed by atoms with Gasteiger partial charge in [0.2, 0.25) is 0 Å². The van der Waals surface area contributed by atoms with E-state index in [-0.39, 0.29) is 12.1 Å². The van der Waals surface area contributed by atoms with Crippen LogP contribution < -0.4 is 0 Å². The number of ether oxygens (including phenoxy) is 2. The number of hydrogen-bond donors (Lipinski definition) is 0. The molecule has 0 saturated heterocycles. The van der Waals surface area contributed by atoms with E-state index < -0.39 is 5.41 Å². The van der Waals surface area contributed by atoms with Gasteiger partial charge in [-0.2, -0.15) is 0 Å². The lowest BCUT2D eigenvalue weighted by Gasteiger charge is -2.22. The summed E-state index contributed by atoms with van der Waals surface area (Å²) in [5, 5.41) is 4.91. The first-order valence-corrected chi connectivity index (χ1v) is 11.5. The third-order valence-corrected chi connectivity index (χ3v) is 6.69. The molecule has 0 amide bonds. The molecule has 4 heteroatoms. The molecule has 0 aliphatic carbocycles. The van der Waals surface area contributed by atoms with E-state index in [1.807, 2.05) is 0 Å². The van der Waals surface area contributed by atoms with Crippen LogP contribution in [0.2, 0.25) is 0 Å². The van der Waals surface area contributed by atoms with E-state index >= 15 is 0 Å². The molecule has 2 atom stereocenters. The van der Waals surface area contributed by atoms with Crippen LogP contribution in [-0.2, 0) is 9.47 Å². The van der Waals surface area contributed by atoms with E-state index in [0.29, 0.717) is 25.0 Å². The summed E-state index contributed by atoms with van der Waals surface area (Å²) < 4.78 is 12.2. The van der Waals surface area contributed by atoms with Gasteiger partial charge in [-0.3, -0.25) is 0 Å². The lowest BCUT2D eigenvalue weighted by molar-refractivity contribution is 0.265. The summed E-state index contributed by atoms with van der Waals surface area (Å²) in [5.41, 5.74) is 1.82. The fourth-order valence-corrected chi connectivity index (χ4v) is 4.69. The highest BCUT2D eigenvalue weighted by Crippen LogP contribution is 2.36. The molecule has 2 aliphatic heterocycles. The molecule has 0 N–H and O–H groups in total. The van der Waals surface area contributed by atoms with Gasteiger partial charge in [0.05, 0.1) is 0 Å². The second kappa shape index (κ2) is 7.73. The first-order chi connectivity index (χ1) is 16.1. The Bertz CT molecular complexity index is 1310. The largest absolute Gasteiger partial charge is 0.478 e. The van der Waals surface area contributed by atoms with E-state index in [1.54, 1.807) is 0 Å². The molecule has 0 unspecified atom stereocenters. The number of hydrogen-bond acceptors (Lipinski definition) is 4. The van der Waals surface area contributed by atoms with Crippen molar-refractivity contribution in [2.24, 2.45) is 15.4 Å². The predicted molar refractivity (Wildman–Crippen MR) is 134 cm³/mol. The lowest BCUT2D eigenvalue weighted by atomic mass is 9.92. The maximum absolute atomic E-state index is 6.10. The third-order valence-electron chi connectivity index (χ3n) is 6.69. The SMILES string of the molecule is CC(C)(C1=N[C@H](c2ccc3ccccc3c2)CO1)C1=N[C@H](c2ccc3ccccc3c2)CO1. The molecule has 33 heavy (non-hydrogen) atoms. The molecule has 0 fully saturated rings. The standard InChI is InChI=1S/C29H26N2O2/c1-29(2,27-30-25(17-32-27)23-13-11-19-7-3-5-9-21(19)15-23)28-31-26(18-33-28)24-14-12-20-8-4-6-10-22(20)16-24/h3-16,25-26H,17-18H2,1-2H3/t25-,26-/m0/s1. The fraction of sp³-hybridized carbons (Fsp3) is 0.241. The zero-order chi connectivity index (χ0) is 22.4. The number of fused-ring (bicyclic) bond motifs is 2. The predicted octanol–water partition coefficient (Wildman–Crippen LogP) is 6.66. The highest BCUT2D eigenvalue weighted by atomic mass is 16.5. The fourth-order valence-electron chi connectivity index (χ4n) is 4.69. The zero-order valence-electron chi connectivity index (χ0n) is 18.9. The smallest absolute Gasteiger partial charge is 0.199 e. The summed E-state index contributed by atoms with van der Waals surface area (Å²) in [7, 11) is 0. The van der Waals surface area contributed by atoms with Crippen LogP contribution in [0.3, 0.4) is 0 Å². The van der Waals surface area contributed by atoms with Gasteiger partial charge >= 0.3 is 0 Å². The zero-order valence-corrected chi connectivity index (χ0v) is 18.9. The van der Waals surface area contributed by atoms with Crippen LogP contribution in [0.25, 0.3) is 21.5 Å². The number of aliphatic imine (C=N–C) groups is 2. The molecule has 2 heterocycles. The number of nitrogens with zero attached hydrogens (tertiary/aromatic N) is 2. The van der Waals surface area contributed by atoms with Crippen LogP contribution in [0.1, 0.15) is 37.1 Å². The molecule has 2 aliphatic rings. The first-order valence-electron chi connectivity index (χ1n) is 11.5. The van der Waals surface area contributed by atoms with E-state index in [1.165, 1.54) is 32.7 Å². The topological polar surface area (TPSA) is 43.2 Å². The van der Waals surface area contributed by atoms with Crippen molar-refractivity contribution in [1.29, 1.82) is 0 Å². The molecule has 0 saturated carbocycles. The average Bonchev–Trinajstić information content (AvgIpc) is 3.55. The van der Waals surface area contributed by atoms with E-state index in [2.05, 4.69) is 98.8 Å². The van der Waals surface area contributed by atoms with Crippen LogP contribution in [0.15, 0.2) is 94.9 Å². The van der Waals surface area contributed by atoms with Gasteiger partial charge in [0.25, 0.3) is 0 Å². The maximum Gasteiger partial charge on any atom is 0.199 e. The van der Waals surface area contributed by atoms with Gasteiger partial charge in [0, 0.05) is 0 Å². The Hall–Kier alpha value is -3.66. The van der Waals surface area contributed by atoms with Crippen molar-refractivity contribution < 1.29 is 9.47 Å². The Morgan fingerprint density at radius 2 is 1.03 bits per heavy atom. The van der Waals surface area contributed by atoms with Gasteiger partial charge in [-0.1, -0.05) is 72.8 Å². The lowest BCUT2D eigenvalue weighted by Crippen LogP contribution is -2.34. The van der Waals surface area contributed by atoms with Gasteiger partial charge in [0.1, 0.15) is 30.7 Å². The summed E-state index contributed by atoms with van der Waals surface area (Å²) in [6, 6.07) is 29.8. The molecule has 164 valence electrons. The Labute approximate surface area is 193 Å². The summed E-state index contributed by atoms with van der Waals surface area (Å²) in [6.07, 6.45) is 0. The van der Waals surface area contributed by atoms with Gasteiger partial charge in [-0.25, -0.2) is 9.98 Å². The van der Waals surface area contributed by atoms with Gasteiger partial charge < -0.3 is 9.47 Å². The Morgan fingerprint density at radius 1 is 0.606 bits per heavy atom. The third kappa shape index (κ3) is 3.56. The minimum absolute atomic E-state index is 0.0119. The molecular formula is C29H26N2O2. The van der Waals surface area contributed by atoms with Crippen molar-refractivity contribution in [1.82, 2.24) is 0 Å². The molecule has 0 aromatic heterocycles. The Balaban J connectivity index is 1.26. The highest BCUT2D eigenvalue weighted by Gasteiger charge is 2.41. The second-order valence-corrected chi connectivity index (χ2v) is 9.36. The van der Waals surface area contributed by atoms with Crippen LogP contribution in [-0.4, -0.2) is 25.0 Å². The normalized spacial score (nSPS) is 20.4. The van der Waals surface area contributed by atoms with E-state index in [0.717, 1.165) is 0 Å². The monoisotopic (exact) mass is 434 g/mol. The summed E-state index contributed by atoms with van der Waals surface area (Å²) in [4.78, 5) is 9.91. The molecule has 4 nitrogen and oxygen atoms in total. The molecule has 0 spiro atoms. The van der Waals surface area contributed by atoms with Crippen molar-refractivity contribution in [3.63, 3.8) is 0 Å². The Morgan fingerprint density at radius 3 is 1.48 bits per heavy atom. The summed E-state index contributed by atoms with van der Waals surface area (Å²) in [6.45, 7) is 5.24. The first kappa shape index (κ1) is 20.0. The van der Waals surface area contributed by atoms with Gasteiger partial charge in [0.15, 0.2) is 11.8 Å². The van der Waals surface area contributed by atoms with Crippen molar-refractivity contribution in [2.45, 2.75) is 25.9 Å². The van der Waals surface area contributed by atoms with Crippen molar-refractivity contribution >= 4 is 33.3 Å². The minimum Gasteiger partial charge on any atom is -0.478 e. The van der Waals surface area contributed by atoms with Crippen LogP contribution >= 0.6 is 0 Å². The second-order valence-electron chi connectivity index (χ2n) is 9.36. The van der Waals surface area contributed by atoms with Crippen LogP contribution in [0, 0.1) is 5.41 Å². The van der Waals surface area contributed by atoms with Gasteiger partial charge in [-0.15, -0.1) is 0 Å². The molecule has 0 radical (unpaired) electrons. The molecule has 0 bridgehead atoms. The van der Waals surface area contributed by atoms with Crippen molar-refractivity contribution in [3.05, 3.63) is 96.1 Å². The quantitative estimate of drug-likeness (QED) is 0.360. The van der Waals surface area contributed by atoms with Crippen LogP contribution in [0.5, 0.6) is 0 Å². The molecule has 6 rings (SSSR count). The van der Waals surface area contributed by atoms with E-state index in [4.69, 9.17) is 19.5 Å². The van der Waals surface area contributed by atoms with Crippen molar-refractivity contribution in [3.8, 4) is 0 Å². The summed E-state index contributed by atoms with van der Waals surface area (Å²) >= 11 is 0. The Kier molecular flexibility index (Phi) is 4.68. The van der Waals surface area contributed by atoms with Crippen LogP contribution in [0.4, 0.5) is 0 Å². The molecular weight excluding hydrogens is 408 g/mol. The van der Waals surface area contributed by atoms with E-state index in [9.17, 15) is 0 Å². The van der Waals surface area contributed by atoms with Gasteiger partial charge in [-0.05, 0) is 58.7 Å². The molecule has 4 aromatic rings. The van der Waals surface area contributed by atoms with Crippen molar-refractivity contribution in [2.75, 3.05) is 13.2 Å². The highest BCUT2D eigenvalue weighted by molar-refractivity contribution is 6.05. The molecule has 4 aromatic carbocycles. The average molecular weight is 435 g/mol. The summed E-state index contributed by atoms with van der Waals surface area (Å²) in [5.74, 6) is 1.39. The maximum atomic E-state index is 6.10. The number of benzene rings is 4. The number of rotatable bonds is 4. The minimum atomic E-state index is -0.517.